The summed E-state index contributed by atoms with van der Waals surface area (Å²) in [7, 11) is 0. The lowest BCUT2D eigenvalue weighted by molar-refractivity contribution is -0.122. The fraction of sp³-hybridized carbons (Fsp3) is 0.640. The molecule has 1 spiro atoms. The van der Waals surface area contributed by atoms with Gasteiger partial charge in [0.05, 0.1) is 18.2 Å². The van der Waals surface area contributed by atoms with Crippen molar-refractivity contribution in [2.75, 3.05) is 26.2 Å². The lowest BCUT2D eigenvalue weighted by atomic mass is 9.76. The number of carbonyl (C=O) groups excluding carboxylic acids is 2. The van der Waals surface area contributed by atoms with Gasteiger partial charge < -0.3 is 14.6 Å². The van der Waals surface area contributed by atoms with E-state index < -0.39 is 0 Å². The van der Waals surface area contributed by atoms with Crippen LogP contribution in [-0.2, 0) is 4.79 Å². The molecule has 1 saturated carbocycles. The highest BCUT2D eigenvalue weighted by molar-refractivity contribution is 5.94. The molecule has 3 aliphatic rings. The fourth-order valence-corrected chi connectivity index (χ4v) is 5.26. The lowest BCUT2D eigenvalue weighted by Gasteiger charge is -2.39. The van der Waals surface area contributed by atoms with Crippen LogP contribution in [0.15, 0.2) is 22.9 Å². The van der Waals surface area contributed by atoms with Crippen molar-refractivity contribution in [2.24, 2.45) is 5.41 Å². The minimum Gasteiger partial charge on any atom is -0.423 e. The molecule has 5 rings (SSSR count). The van der Waals surface area contributed by atoms with Crippen LogP contribution < -0.4 is 5.32 Å². The minimum absolute atomic E-state index is 0.0264. The average molecular weight is 467 g/mol. The van der Waals surface area contributed by atoms with Crippen LogP contribution in [-0.4, -0.2) is 69.0 Å². The van der Waals surface area contributed by atoms with Crippen molar-refractivity contribution in [1.82, 2.24) is 30.3 Å². The third-order valence-corrected chi connectivity index (χ3v) is 7.36. The zero-order valence-corrected chi connectivity index (χ0v) is 20.3. The van der Waals surface area contributed by atoms with E-state index >= 15 is 0 Å². The van der Waals surface area contributed by atoms with E-state index in [9.17, 15) is 9.59 Å². The van der Waals surface area contributed by atoms with Crippen LogP contribution in [0.3, 0.4) is 0 Å². The molecule has 4 heterocycles. The van der Waals surface area contributed by atoms with Gasteiger partial charge in [-0.2, -0.15) is 0 Å². The summed E-state index contributed by atoms with van der Waals surface area (Å²) in [6.07, 6.45) is 8.18. The van der Waals surface area contributed by atoms with Gasteiger partial charge in [0.25, 0.3) is 5.91 Å². The van der Waals surface area contributed by atoms with Crippen molar-refractivity contribution in [3.05, 3.63) is 41.4 Å². The van der Waals surface area contributed by atoms with Crippen molar-refractivity contribution in [3.8, 4) is 0 Å². The molecule has 0 bridgehead atoms. The smallest absolute Gasteiger partial charge is 0.255 e. The van der Waals surface area contributed by atoms with Crippen molar-refractivity contribution < 1.29 is 14.0 Å². The number of nitrogens with one attached hydrogen (secondary N) is 1. The number of hydrogen-bond acceptors (Lipinski definition) is 7. The lowest BCUT2D eigenvalue weighted by Crippen LogP contribution is -2.45. The summed E-state index contributed by atoms with van der Waals surface area (Å²) >= 11 is 0. The highest BCUT2D eigenvalue weighted by Crippen LogP contribution is 2.49. The van der Waals surface area contributed by atoms with E-state index in [0.717, 1.165) is 44.2 Å². The van der Waals surface area contributed by atoms with Gasteiger partial charge in [-0.25, -0.2) is 0 Å². The molecule has 1 N–H and O–H groups in total. The quantitative estimate of drug-likeness (QED) is 0.698. The number of pyridine rings is 1. The van der Waals surface area contributed by atoms with Crippen LogP contribution in [0.5, 0.6) is 0 Å². The number of hydrogen-bond donors (Lipinski definition) is 1. The highest BCUT2D eigenvalue weighted by Gasteiger charge is 2.49. The first kappa shape index (κ1) is 23.0. The molecule has 1 atom stereocenters. The number of rotatable bonds is 6. The first-order valence-electron chi connectivity index (χ1n) is 12.4. The van der Waals surface area contributed by atoms with E-state index in [1.807, 2.05) is 31.7 Å². The highest BCUT2D eigenvalue weighted by atomic mass is 16.4. The van der Waals surface area contributed by atoms with Crippen molar-refractivity contribution in [3.63, 3.8) is 0 Å². The second kappa shape index (κ2) is 9.09. The van der Waals surface area contributed by atoms with E-state index in [2.05, 4.69) is 25.4 Å². The van der Waals surface area contributed by atoms with Crippen LogP contribution in [0, 0.1) is 12.3 Å². The molecule has 3 fully saturated rings. The van der Waals surface area contributed by atoms with Gasteiger partial charge in [0, 0.05) is 44.0 Å². The molecule has 1 aliphatic carbocycles. The van der Waals surface area contributed by atoms with Crippen LogP contribution in [0.4, 0.5) is 0 Å². The fourth-order valence-electron chi connectivity index (χ4n) is 5.26. The van der Waals surface area contributed by atoms with E-state index in [0.29, 0.717) is 43.0 Å². The predicted molar refractivity (Wildman–Crippen MR) is 125 cm³/mol. The Hall–Kier alpha value is -2.81. The summed E-state index contributed by atoms with van der Waals surface area (Å²) in [6, 6.07) is 2.16. The van der Waals surface area contributed by atoms with Crippen LogP contribution in [0.25, 0.3) is 0 Å². The number of likely N-dealkylation sites (tertiary alicyclic amines) is 2. The molecule has 2 aromatic rings. The standard InChI is InChI=1S/C25H34N6O3/c1-16(2)22-28-29-23(34-22)20-11-25(15-31(20)14-21(32)27-19-4-5-19)6-8-30(9-7-25)24(33)18-10-17(3)12-26-13-18/h10,12-13,16,19-20H,4-9,11,14-15H2,1-3H3,(H,27,32). The summed E-state index contributed by atoms with van der Waals surface area (Å²) in [4.78, 5) is 34.0. The Labute approximate surface area is 200 Å². The van der Waals surface area contributed by atoms with Crippen molar-refractivity contribution in [1.29, 1.82) is 0 Å². The Bertz CT molecular complexity index is 1050. The van der Waals surface area contributed by atoms with E-state index in [4.69, 9.17) is 4.42 Å². The Kier molecular flexibility index (Phi) is 6.14. The van der Waals surface area contributed by atoms with E-state index in [1.54, 1.807) is 12.4 Å². The zero-order chi connectivity index (χ0) is 23.9. The van der Waals surface area contributed by atoms with Crippen LogP contribution >= 0.6 is 0 Å². The van der Waals surface area contributed by atoms with Gasteiger partial charge in [-0.1, -0.05) is 13.8 Å². The van der Waals surface area contributed by atoms with Gasteiger partial charge >= 0.3 is 0 Å². The Morgan fingerprint density at radius 1 is 1.21 bits per heavy atom. The first-order valence-corrected chi connectivity index (χ1v) is 12.4. The van der Waals surface area contributed by atoms with Crippen molar-refractivity contribution >= 4 is 11.8 Å². The van der Waals surface area contributed by atoms with Gasteiger partial charge in [0.15, 0.2) is 0 Å². The minimum atomic E-state index is -0.0758. The molecule has 2 saturated heterocycles. The van der Waals surface area contributed by atoms with E-state index in [1.165, 1.54) is 0 Å². The maximum Gasteiger partial charge on any atom is 0.255 e. The number of piperidine rings is 1. The average Bonchev–Trinajstić information content (AvgIpc) is 3.35. The van der Waals surface area contributed by atoms with Crippen LogP contribution in [0.2, 0.25) is 0 Å². The largest absolute Gasteiger partial charge is 0.423 e. The molecular weight excluding hydrogens is 432 g/mol. The molecule has 9 nitrogen and oxygen atoms in total. The first-order chi connectivity index (χ1) is 16.3. The molecule has 2 amide bonds. The van der Waals surface area contributed by atoms with Gasteiger partial charge in [0.1, 0.15) is 0 Å². The third kappa shape index (κ3) is 4.85. The number of carbonyl (C=O) groups is 2. The second-order valence-corrected chi connectivity index (χ2v) is 10.6. The summed E-state index contributed by atoms with van der Waals surface area (Å²) in [6.45, 7) is 8.54. The maximum atomic E-state index is 13.0. The molecule has 2 aromatic heterocycles. The molecule has 182 valence electrons. The van der Waals surface area contributed by atoms with Gasteiger partial charge in [-0.05, 0) is 56.1 Å². The summed E-state index contributed by atoms with van der Waals surface area (Å²) in [5, 5.41) is 11.7. The molecular formula is C25H34N6O3. The molecule has 9 heteroatoms. The molecule has 2 aliphatic heterocycles. The van der Waals surface area contributed by atoms with Gasteiger partial charge in [-0.15, -0.1) is 10.2 Å². The maximum absolute atomic E-state index is 13.0. The Balaban J connectivity index is 1.29. The number of amides is 2. The monoisotopic (exact) mass is 466 g/mol. The molecule has 1 unspecified atom stereocenters. The van der Waals surface area contributed by atoms with Gasteiger partial charge in [0.2, 0.25) is 17.7 Å². The molecule has 34 heavy (non-hydrogen) atoms. The zero-order valence-electron chi connectivity index (χ0n) is 20.3. The summed E-state index contributed by atoms with van der Waals surface area (Å²) in [5.41, 5.74) is 1.66. The Morgan fingerprint density at radius 3 is 2.62 bits per heavy atom. The van der Waals surface area contributed by atoms with Crippen LogP contribution in [0.1, 0.15) is 85.6 Å². The van der Waals surface area contributed by atoms with Gasteiger partial charge in [-0.3, -0.25) is 19.5 Å². The summed E-state index contributed by atoms with van der Waals surface area (Å²) in [5.74, 6) is 1.50. The normalized spacial score (nSPS) is 22.5. The topological polar surface area (TPSA) is 104 Å². The molecule has 0 radical (unpaired) electrons. The molecule has 0 aromatic carbocycles. The number of nitrogens with zero attached hydrogens (tertiary/aromatic N) is 5. The number of aryl methyl sites for hydroxylation is 1. The second-order valence-electron chi connectivity index (χ2n) is 10.6. The van der Waals surface area contributed by atoms with E-state index in [-0.39, 0.29) is 29.2 Å². The Morgan fingerprint density at radius 2 is 1.97 bits per heavy atom. The third-order valence-electron chi connectivity index (χ3n) is 7.36. The summed E-state index contributed by atoms with van der Waals surface area (Å²) < 4.78 is 6.03. The predicted octanol–water partition coefficient (Wildman–Crippen LogP) is 2.84. The SMILES string of the molecule is Cc1cncc(C(=O)N2CCC3(CC2)CC(c2nnc(C(C)C)o2)N(CC(=O)NC2CC2)C3)c1. The van der Waals surface area contributed by atoms with Crippen molar-refractivity contribution in [2.45, 2.75) is 70.9 Å². The number of aromatic nitrogens is 3.